The molecule has 1 aliphatic carbocycles. The van der Waals surface area contributed by atoms with Crippen LogP contribution in [0, 0.1) is 18.8 Å². The molecule has 2 heterocycles. The maximum atomic E-state index is 15.7. The Labute approximate surface area is 607 Å². The lowest BCUT2D eigenvalue weighted by Crippen LogP contribution is -2.65. The number of nitrogens with one attached hydrogen (secondary N) is 3. The number of amides is 12. The van der Waals surface area contributed by atoms with E-state index in [0.717, 1.165) is 37.3 Å². The molecule has 0 aromatic heterocycles. The SMILES string of the molecule is CC[C@H](C)[C@@H]1NC(=O)[C@H](C)N(C)C(=O)C[C@@H](C(=O)N(C)C)N(C)C(=O)[C@H]([C@@H](C)CC)N(C)C(=O)C2(CCCC2)NC(=O)[C@H](Cc2cccc(OC)c2)N(C)C(=O)C(CCc2ccc(C(F)(F)F)c(Cl)c2)NC(=O)CN(C)C(=O)[C@H](Cc2ccc(C)cc2)N(C)C(=O)[C@@H]2CCN2C(=O)[C@H](C)N(C)C1=O. The van der Waals surface area contributed by atoms with Crippen molar-refractivity contribution in [2.45, 2.75) is 192 Å². The van der Waals surface area contributed by atoms with Crippen molar-refractivity contribution in [1.29, 1.82) is 0 Å². The van der Waals surface area contributed by atoms with Gasteiger partial charge in [-0.15, -0.1) is 0 Å². The van der Waals surface area contributed by atoms with Crippen molar-refractivity contribution in [1.82, 2.24) is 60.0 Å². The minimum absolute atomic E-state index is 0.0705. The number of halogens is 4. The number of carbonyl (C=O) groups is 12. The number of alkyl halides is 3. The van der Waals surface area contributed by atoms with Crippen molar-refractivity contribution in [3.05, 3.63) is 99.6 Å². The lowest BCUT2D eigenvalue weighted by Gasteiger charge is -2.45. The molecule has 3 aliphatic rings. The van der Waals surface area contributed by atoms with Crippen molar-refractivity contribution in [2.75, 3.05) is 83.6 Å². The number of nitrogens with zero attached hydrogens (tertiary/aromatic N) is 9. The first-order valence-corrected chi connectivity index (χ1v) is 35.5. The predicted molar refractivity (Wildman–Crippen MR) is 380 cm³/mol. The Morgan fingerprint density at radius 1 is 0.670 bits per heavy atom. The third-order valence-electron chi connectivity index (χ3n) is 21.1. The molecule has 29 heteroatoms. The average molecular weight is 1460 g/mol. The number of aryl methyl sites for hydroxylation is 2. The standard InChI is InChI=1S/C74H104ClF3N12O13/c1-18-44(4)61-70(100)85(12)47(7)65(95)90-36-33-55(90)69(99)87(14)57(39-49-27-25-43(3)26-28-49)68(98)83(10)42-59(91)79-54(32-30-48-29-31-52(53(75)38-48)74(76,77)78)66(96)86(13)56(40-50-23-22-24-51(37-50)103-17)64(94)81-73(34-20-21-35-73)72(102)89(16)62(45(5)19-2)71(101)88(15)58(67(97)82(8)9)41-60(92)84(11)46(6)63(93)80-61/h22-29,31,37-38,44-47,54-58,61-62H,18-21,30,32-36,39-42H2,1-17H3,(H,79,91)(H,80,93)(H,81,94)/t44-,45-,46-,47-,54?,55-,56-,57-,58-,61-,62-/m0/s1. The number of likely N-dealkylation sites (N-methyl/N-ethyl adjacent to an activating group) is 8. The van der Waals surface area contributed by atoms with Crippen LogP contribution >= 0.6 is 11.6 Å². The summed E-state index contributed by atoms with van der Waals surface area (Å²) in [6, 6.07) is 4.91. The van der Waals surface area contributed by atoms with Gasteiger partial charge in [-0.1, -0.05) is 113 Å². The van der Waals surface area contributed by atoms with Crippen LogP contribution in [-0.4, -0.2) is 259 Å². The van der Waals surface area contributed by atoms with Crippen molar-refractivity contribution in [3.8, 4) is 5.75 Å². The van der Waals surface area contributed by atoms with Crippen LogP contribution in [-0.2, 0) is 83.0 Å². The number of methoxy groups -OCH3 is 1. The Bertz CT molecular complexity index is 3610. The normalized spacial score (nSPS) is 24.9. The zero-order chi connectivity index (χ0) is 77.0. The van der Waals surface area contributed by atoms with Crippen LogP contribution in [0.4, 0.5) is 13.2 Å². The second-order valence-electron chi connectivity index (χ2n) is 28.3. The molecule has 6 rings (SSSR count). The number of carbonyl (C=O) groups excluding carboxylic acids is 12. The highest BCUT2D eigenvalue weighted by molar-refractivity contribution is 6.31. The molecule has 2 saturated heterocycles. The summed E-state index contributed by atoms with van der Waals surface area (Å²) in [5.74, 6) is -9.55. The molecule has 1 saturated carbocycles. The van der Waals surface area contributed by atoms with E-state index in [1.165, 1.54) is 115 Å². The van der Waals surface area contributed by atoms with Crippen molar-refractivity contribution in [3.63, 3.8) is 0 Å². The van der Waals surface area contributed by atoms with E-state index in [0.29, 0.717) is 42.6 Å². The summed E-state index contributed by atoms with van der Waals surface area (Å²) in [7, 11) is 13.8. The first-order valence-electron chi connectivity index (χ1n) is 35.1. The Kier molecular flexibility index (Phi) is 28.7. The fraction of sp³-hybridized carbons (Fsp3) is 0.595. The molecule has 566 valence electrons. The average Bonchev–Trinajstić information content (AvgIpc) is 1.32. The van der Waals surface area contributed by atoms with Gasteiger partial charge in [0.2, 0.25) is 70.9 Å². The molecular weight excluding hydrogens is 1360 g/mol. The van der Waals surface area contributed by atoms with Crippen molar-refractivity contribution < 1.29 is 75.4 Å². The fourth-order valence-electron chi connectivity index (χ4n) is 13.5. The van der Waals surface area contributed by atoms with Crippen LogP contribution in [0.1, 0.15) is 127 Å². The van der Waals surface area contributed by atoms with E-state index < -0.39 is 172 Å². The molecule has 103 heavy (non-hydrogen) atoms. The number of fused-ring (bicyclic) bond motifs is 1. The number of hydrogen-bond donors (Lipinski definition) is 3. The van der Waals surface area contributed by atoms with Crippen LogP contribution in [0.2, 0.25) is 5.02 Å². The topological polar surface area (TPSA) is 279 Å². The second-order valence-corrected chi connectivity index (χ2v) is 28.7. The van der Waals surface area contributed by atoms with Crippen LogP contribution in [0.5, 0.6) is 5.75 Å². The van der Waals surface area contributed by atoms with Gasteiger partial charge in [0, 0.05) is 82.8 Å². The van der Waals surface area contributed by atoms with E-state index in [1.54, 1.807) is 64.1 Å². The molecule has 0 radical (unpaired) electrons. The van der Waals surface area contributed by atoms with Gasteiger partial charge < -0.3 is 64.8 Å². The number of hydrogen-bond acceptors (Lipinski definition) is 13. The zero-order valence-electron chi connectivity index (χ0n) is 62.4. The molecule has 3 aromatic rings. The Hall–Kier alpha value is -8.82. The van der Waals surface area contributed by atoms with E-state index in [2.05, 4.69) is 16.0 Å². The highest BCUT2D eigenvalue weighted by Gasteiger charge is 2.51. The summed E-state index contributed by atoms with van der Waals surface area (Å²) in [5.41, 5.74) is -0.553. The van der Waals surface area contributed by atoms with Gasteiger partial charge >= 0.3 is 6.18 Å². The molecule has 25 nitrogen and oxygen atoms in total. The number of ether oxygens (including phenoxy) is 1. The van der Waals surface area contributed by atoms with E-state index >= 15 is 24.0 Å². The minimum atomic E-state index is -4.80. The van der Waals surface area contributed by atoms with Gasteiger partial charge in [-0.2, -0.15) is 13.2 Å². The second kappa shape index (κ2) is 35.6. The van der Waals surface area contributed by atoms with Gasteiger partial charge in [-0.25, -0.2) is 0 Å². The van der Waals surface area contributed by atoms with Gasteiger partial charge in [0.15, 0.2) is 0 Å². The zero-order valence-corrected chi connectivity index (χ0v) is 63.2. The van der Waals surface area contributed by atoms with Gasteiger partial charge in [0.1, 0.15) is 65.7 Å². The molecule has 3 fully saturated rings. The third kappa shape index (κ3) is 19.7. The quantitative estimate of drug-likeness (QED) is 0.200. The summed E-state index contributed by atoms with van der Waals surface area (Å²) < 4.78 is 47.5. The largest absolute Gasteiger partial charge is 0.497 e. The van der Waals surface area contributed by atoms with Crippen LogP contribution in [0.25, 0.3) is 0 Å². The van der Waals surface area contributed by atoms with Crippen molar-refractivity contribution in [2.24, 2.45) is 11.8 Å². The first-order chi connectivity index (χ1) is 48.2. The maximum absolute atomic E-state index is 15.7. The highest BCUT2D eigenvalue weighted by atomic mass is 35.5. The van der Waals surface area contributed by atoms with Crippen LogP contribution in [0.15, 0.2) is 66.7 Å². The van der Waals surface area contributed by atoms with E-state index in [4.69, 9.17) is 16.3 Å². The summed E-state index contributed by atoms with van der Waals surface area (Å²) >= 11 is 6.19. The van der Waals surface area contributed by atoms with Gasteiger partial charge in [0.05, 0.1) is 30.7 Å². The summed E-state index contributed by atoms with van der Waals surface area (Å²) in [5, 5.41) is 7.94. The monoisotopic (exact) mass is 1460 g/mol. The number of benzene rings is 3. The molecule has 12 amide bonds. The Balaban J connectivity index is 1.49. The summed E-state index contributed by atoms with van der Waals surface area (Å²) in [4.78, 5) is 190. The third-order valence-corrected chi connectivity index (χ3v) is 21.4. The lowest BCUT2D eigenvalue weighted by atomic mass is 9.90. The Morgan fingerprint density at radius 3 is 1.83 bits per heavy atom. The molecule has 2 aliphatic heterocycles. The molecule has 3 N–H and O–H groups in total. The highest BCUT2D eigenvalue weighted by Crippen LogP contribution is 2.37. The van der Waals surface area contributed by atoms with Crippen molar-refractivity contribution >= 4 is 82.5 Å². The molecule has 11 atom stereocenters. The smallest absolute Gasteiger partial charge is 0.417 e. The van der Waals surface area contributed by atoms with Gasteiger partial charge in [0.25, 0.3) is 0 Å². The molecule has 3 aromatic carbocycles. The molecule has 1 spiro atoms. The number of rotatable bonds is 13. The van der Waals surface area contributed by atoms with E-state index in [-0.39, 0.29) is 57.1 Å². The summed E-state index contributed by atoms with van der Waals surface area (Å²) in [6.45, 7) is 11.2. The fourth-order valence-corrected chi connectivity index (χ4v) is 13.8. The van der Waals surface area contributed by atoms with Crippen LogP contribution in [0.3, 0.4) is 0 Å². The first kappa shape index (κ1) is 83.1. The molecule has 0 bridgehead atoms. The minimum Gasteiger partial charge on any atom is -0.497 e. The lowest BCUT2D eigenvalue weighted by molar-refractivity contribution is -0.160. The van der Waals surface area contributed by atoms with Gasteiger partial charge in [-0.05, 0) is 106 Å². The Morgan fingerprint density at radius 2 is 1.27 bits per heavy atom. The van der Waals surface area contributed by atoms with Gasteiger partial charge in [-0.3, -0.25) is 57.5 Å². The molecule has 1 unspecified atom stereocenters. The molecular formula is C74H104ClF3N12O13. The van der Waals surface area contributed by atoms with E-state index in [1.807, 2.05) is 19.1 Å². The maximum Gasteiger partial charge on any atom is 0.417 e. The summed E-state index contributed by atoms with van der Waals surface area (Å²) in [6.07, 6.45) is -4.29. The van der Waals surface area contributed by atoms with E-state index in [9.17, 15) is 46.7 Å². The van der Waals surface area contributed by atoms with Crippen LogP contribution < -0.4 is 20.7 Å². The predicted octanol–water partition coefficient (Wildman–Crippen LogP) is 5.14.